The monoisotopic (exact) mass is 323 g/mol. The van der Waals surface area contributed by atoms with E-state index in [1.807, 2.05) is 24.3 Å². The number of carbonyl (C=O) groups is 2. The van der Waals surface area contributed by atoms with Gasteiger partial charge in [-0.05, 0) is 37.0 Å². The first kappa shape index (κ1) is 16.8. The molecule has 1 aromatic carbocycles. The van der Waals surface area contributed by atoms with Gasteiger partial charge >= 0.3 is 5.97 Å². The molecule has 0 aliphatic heterocycles. The number of likely N-dealkylation sites (N-methyl/N-ethyl adjacent to an activating group) is 1. The summed E-state index contributed by atoms with van der Waals surface area (Å²) in [5.41, 5.74) is 0.623. The molecule has 0 aromatic heterocycles. The van der Waals surface area contributed by atoms with E-state index in [1.54, 1.807) is 11.9 Å². The maximum Gasteiger partial charge on any atom is 0.305 e. The summed E-state index contributed by atoms with van der Waals surface area (Å²) in [7, 11) is 3.18. The van der Waals surface area contributed by atoms with E-state index in [0.29, 0.717) is 24.4 Å². The molecule has 5 heteroatoms. The number of esters is 1. The van der Waals surface area contributed by atoms with Crippen LogP contribution in [0.15, 0.2) is 24.3 Å². The summed E-state index contributed by atoms with van der Waals surface area (Å²) < 4.78 is 4.62. The van der Waals surface area contributed by atoms with Gasteiger partial charge in [-0.3, -0.25) is 9.59 Å². The van der Waals surface area contributed by atoms with Gasteiger partial charge < -0.3 is 9.64 Å². The standard InChI is InChI=1S/C17H22ClNO3/c1-19(12-3-5-15(20)22-2)16(21)17(10-4-11-17)13-6-8-14(18)9-7-13/h6-9H,3-5,10-12H2,1-2H3. The van der Waals surface area contributed by atoms with Gasteiger partial charge in [-0.2, -0.15) is 0 Å². The number of carbonyl (C=O) groups excluding carboxylic acids is 2. The second-order valence-electron chi connectivity index (χ2n) is 5.85. The van der Waals surface area contributed by atoms with Gasteiger partial charge in [0.25, 0.3) is 0 Å². The summed E-state index contributed by atoms with van der Waals surface area (Å²) in [6, 6.07) is 7.56. The maximum atomic E-state index is 12.9. The zero-order chi connectivity index (χ0) is 16.2. The second-order valence-corrected chi connectivity index (χ2v) is 6.29. The van der Waals surface area contributed by atoms with E-state index in [2.05, 4.69) is 4.74 Å². The summed E-state index contributed by atoms with van der Waals surface area (Å²) in [4.78, 5) is 25.7. The van der Waals surface area contributed by atoms with Crippen LogP contribution < -0.4 is 0 Å². The molecule has 1 fully saturated rings. The summed E-state index contributed by atoms with van der Waals surface area (Å²) >= 11 is 5.94. The van der Waals surface area contributed by atoms with Crippen molar-refractivity contribution in [3.05, 3.63) is 34.9 Å². The number of ether oxygens (including phenoxy) is 1. The predicted octanol–water partition coefficient (Wildman–Crippen LogP) is 3.17. The van der Waals surface area contributed by atoms with Crippen LogP contribution in [0.2, 0.25) is 5.02 Å². The molecular formula is C17H22ClNO3. The highest BCUT2D eigenvalue weighted by molar-refractivity contribution is 6.30. The van der Waals surface area contributed by atoms with Gasteiger partial charge in [0.15, 0.2) is 0 Å². The number of halogens is 1. The fourth-order valence-electron chi connectivity index (χ4n) is 2.95. The molecule has 1 aromatic rings. The fourth-order valence-corrected chi connectivity index (χ4v) is 3.08. The zero-order valence-corrected chi connectivity index (χ0v) is 13.9. The van der Waals surface area contributed by atoms with Gasteiger partial charge in [0.1, 0.15) is 0 Å². The molecule has 0 heterocycles. The van der Waals surface area contributed by atoms with Crippen molar-refractivity contribution in [2.24, 2.45) is 0 Å². The lowest BCUT2D eigenvalue weighted by atomic mass is 9.63. The molecule has 0 unspecified atom stereocenters. The number of amides is 1. The third-order valence-electron chi connectivity index (χ3n) is 4.46. The Morgan fingerprint density at radius 1 is 1.27 bits per heavy atom. The minimum Gasteiger partial charge on any atom is -0.469 e. The highest BCUT2D eigenvalue weighted by atomic mass is 35.5. The summed E-state index contributed by atoms with van der Waals surface area (Å²) in [5.74, 6) is -0.108. The average Bonchev–Trinajstić information content (AvgIpc) is 2.47. The highest BCUT2D eigenvalue weighted by Gasteiger charge is 2.46. The molecule has 4 nitrogen and oxygen atoms in total. The number of rotatable bonds is 6. The number of hydrogen-bond donors (Lipinski definition) is 0. The topological polar surface area (TPSA) is 46.6 Å². The zero-order valence-electron chi connectivity index (χ0n) is 13.1. The van der Waals surface area contributed by atoms with Gasteiger partial charge in [0.05, 0.1) is 12.5 Å². The molecule has 1 amide bonds. The van der Waals surface area contributed by atoms with Crippen molar-refractivity contribution in [2.75, 3.05) is 20.7 Å². The average molecular weight is 324 g/mol. The van der Waals surface area contributed by atoms with Gasteiger partial charge in [-0.1, -0.05) is 30.2 Å². The van der Waals surface area contributed by atoms with Crippen LogP contribution in [0.3, 0.4) is 0 Å². The number of hydrogen-bond acceptors (Lipinski definition) is 3. The summed E-state index contributed by atoms with van der Waals surface area (Å²) in [5, 5.41) is 0.678. The molecule has 2 rings (SSSR count). The summed E-state index contributed by atoms with van der Waals surface area (Å²) in [6.45, 7) is 0.559. The molecule has 0 atom stereocenters. The van der Waals surface area contributed by atoms with Crippen LogP contribution in [-0.2, 0) is 19.7 Å². The first-order valence-electron chi connectivity index (χ1n) is 7.58. The quantitative estimate of drug-likeness (QED) is 0.755. The molecule has 0 radical (unpaired) electrons. The molecule has 120 valence electrons. The Morgan fingerprint density at radius 3 is 2.41 bits per heavy atom. The fraction of sp³-hybridized carbons (Fsp3) is 0.529. The van der Waals surface area contributed by atoms with Crippen molar-refractivity contribution in [2.45, 2.75) is 37.5 Å². The van der Waals surface area contributed by atoms with Crippen molar-refractivity contribution in [1.29, 1.82) is 0 Å². The highest BCUT2D eigenvalue weighted by Crippen LogP contribution is 2.45. The predicted molar refractivity (Wildman–Crippen MR) is 85.9 cm³/mol. The Morgan fingerprint density at radius 2 is 1.91 bits per heavy atom. The Labute approximate surface area is 136 Å². The molecule has 0 bridgehead atoms. The first-order valence-corrected chi connectivity index (χ1v) is 7.96. The molecule has 0 N–H and O–H groups in total. The third kappa shape index (κ3) is 3.43. The minimum atomic E-state index is -0.412. The van der Waals surface area contributed by atoms with Crippen molar-refractivity contribution >= 4 is 23.5 Å². The van der Waals surface area contributed by atoms with Crippen LogP contribution in [0.25, 0.3) is 0 Å². The molecule has 1 aliphatic carbocycles. The molecule has 1 saturated carbocycles. The van der Waals surface area contributed by atoms with E-state index >= 15 is 0 Å². The smallest absolute Gasteiger partial charge is 0.305 e. The van der Waals surface area contributed by atoms with E-state index in [-0.39, 0.29) is 11.9 Å². The third-order valence-corrected chi connectivity index (χ3v) is 4.71. The van der Waals surface area contributed by atoms with Crippen molar-refractivity contribution in [3.8, 4) is 0 Å². The van der Waals surface area contributed by atoms with Gasteiger partial charge in [0, 0.05) is 25.0 Å². The molecule has 0 spiro atoms. The lowest BCUT2D eigenvalue weighted by molar-refractivity contribution is -0.142. The lowest BCUT2D eigenvalue weighted by Gasteiger charge is -2.43. The molecule has 22 heavy (non-hydrogen) atoms. The number of benzene rings is 1. The number of methoxy groups -OCH3 is 1. The van der Waals surface area contributed by atoms with Crippen molar-refractivity contribution < 1.29 is 14.3 Å². The normalized spacial score (nSPS) is 15.8. The Kier molecular flexibility index (Phi) is 5.46. The lowest BCUT2D eigenvalue weighted by Crippen LogP contribution is -2.50. The van der Waals surface area contributed by atoms with Crippen molar-refractivity contribution in [3.63, 3.8) is 0 Å². The van der Waals surface area contributed by atoms with Crippen molar-refractivity contribution in [1.82, 2.24) is 4.90 Å². The van der Waals surface area contributed by atoms with Gasteiger partial charge in [0.2, 0.25) is 5.91 Å². The van der Waals surface area contributed by atoms with E-state index in [4.69, 9.17) is 11.6 Å². The first-order chi connectivity index (χ1) is 10.5. The van der Waals surface area contributed by atoms with E-state index in [9.17, 15) is 9.59 Å². The van der Waals surface area contributed by atoms with Crippen LogP contribution in [0.4, 0.5) is 0 Å². The SMILES string of the molecule is COC(=O)CCCN(C)C(=O)C1(c2ccc(Cl)cc2)CCC1. The van der Waals surface area contributed by atoms with Gasteiger partial charge in [-0.25, -0.2) is 0 Å². The number of nitrogens with zero attached hydrogens (tertiary/aromatic N) is 1. The van der Waals surface area contributed by atoms with Crippen LogP contribution in [0, 0.1) is 0 Å². The Balaban J connectivity index is 2.02. The van der Waals surface area contributed by atoms with Crippen LogP contribution >= 0.6 is 11.6 Å². The summed E-state index contributed by atoms with van der Waals surface area (Å²) in [6.07, 6.45) is 3.75. The van der Waals surface area contributed by atoms with Crippen LogP contribution in [0.1, 0.15) is 37.7 Å². The second kappa shape index (κ2) is 7.14. The minimum absolute atomic E-state index is 0.130. The molecule has 1 aliphatic rings. The van der Waals surface area contributed by atoms with Crippen LogP contribution in [-0.4, -0.2) is 37.5 Å². The van der Waals surface area contributed by atoms with E-state index < -0.39 is 5.41 Å². The maximum absolute atomic E-state index is 12.9. The largest absolute Gasteiger partial charge is 0.469 e. The van der Waals surface area contributed by atoms with E-state index in [1.165, 1.54) is 7.11 Å². The van der Waals surface area contributed by atoms with Gasteiger partial charge in [-0.15, -0.1) is 0 Å². The Bertz CT molecular complexity index is 537. The molecule has 0 saturated heterocycles. The Hall–Kier alpha value is -1.55. The molecular weight excluding hydrogens is 302 g/mol. The van der Waals surface area contributed by atoms with Crippen LogP contribution in [0.5, 0.6) is 0 Å². The van der Waals surface area contributed by atoms with E-state index in [0.717, 1.165) is 24.8 Å².